The number of aromatic nitrogens is 1. The average Bonchev–Trinajstić information content (AvgIpc) is 3.34. The Balaban J connectivity index is 1.49. The van der Waals surface area contributed by atoms with E-state index in [1.807, 2.05) is 30.3 Å². The van der Waals surface area contributed by atoms with E-state index in [1.54, 1.807) is 41.1 Å². The van der Waals surface area contributed by atoms with E-state index < -0.39 is 4.92 Å². The van der Waals surface area contributed by atoms with Crippen LogP contribution in [0, 0.1) is 10.1 Å². The van der Waals surface area contributed by atoms with Gasteiger partial charge in [-0.2, -0.15) is 0 Å². The van der Waals surface area contributed by atoms with Crippen LogP contribution in [0.4, 0.5) is 10.5 Å². The van der Waals surface area contributed by atoms with E-state index in [-0.39, 0.29) is 16.8 Å². The molecule has 31 heavy (non-hydrogen) atoms. The van der Waals surface area contributed by atoms with Crippen molar-refractivity contribution in [3.05, 3.63) is 99.2 Å². The number of imide groups is 1. The number of benzene rings is 2. The van der Waals surface area contributed by atoms with E-state index in [0.717, 1.165) is 18.2 Å². The SMILES string of the molecule is O=C1S/C(=C/c2cccn2-c2cccc([N+](=O)[O-])c2)C(=O)N1CCCc1ccccc1. The van der Waals surface area contributed by atoms with Gasteiger partial charge in [-0.15, -0.1) is 0 Å². The van der Waals surface area contributed by atoms with Gasteiger partial charge in [-0.05, 0) is 54.4 Å². The van der Waals surface area contributed by atoms with Crippen molar-refractivity contribution in [2.24, 2.45) is 0 Å². The second kappa shape index (κ2) is 9.01. The van der Waals surface area contributed by atoms with Crippen molar-refractivity contribution in [2.45, 2.75) is 12.8 Å². The van der Waals surface area contributed by atoms with Crippen molar-refractivity contribution in [3.63, 3.8) is 0 Å². The summed E-state index contributed by atoms with van der Waals surface area (Å²) in [6.07, 6.45) is 4.90. The summed E-state index contributed by atoms with van der Waals surface area (Å²) in [5.74, 6) is -0.310. The summed E-state index contributed by atoms with van der Waals surface area (Å²) in [6, 6.07) is 19.8. The maximum Gasteiger partial charge on any atom is 0.293 e. The minimum Gasteiger partial charge on any atom is -0.317 e. The van der Waals surface area contributed by atoms with Gasteiger partial charge in [0.2, 0.25) is 0 Å². The summed E-state index contributed by atoms with van der Waals surface area (Å²) < 4.78 is 1.75. The first-order valence-electron chi connectivity index (χ1n) is 9.74. The van der Waals surface area contributed by atoms with Crippen molar-refractivity contribution in [2.75, 3.05) is 6.54 Å². The normalized spacial score (nSPS) is 15.1. The molecule has 0 radical (unpaired) electrons. The van der Waals surface area contributed by atoms with E-state index in [4.69, 9.17) is 0 Å². The molecule has 0 bridgehead atoms. The highest BCUT2D eigenvalue weighted by molar-refractivity contribution is 8.18. The summed E-state index contributed by atoms with van der Waals surface area (Å²) >= 11 is 0.915. The maximum atomic E-state index is 12.8. The fourth-order valence-corrected chi connectivity index (χ4v) is 4.27. The van der Waals surface area contributed by atoms with Crippen LogP contribution < -0.4 is 0 Å². The monoisotopic (exact) mass is 433 g/mol. The molecule has 1 aromatic heterocycles. The molecule has 7 nitrogen and oxygen atoms in total. The number of rotatable bonds is 7. The number of non-ortho nitro benzene ring substituents is 1. The van der Waals surface area contributed by atoms with Gasteiger partial charge < -0.3 is 4.57 Å². The predicted molar refractivity (Wildman–Crippen MR) is 120 cm³/mol. The van der Waals surface area contributed by atoms with Crippen molar-refractivity contribution in [1.29, 1.82) is 0 Å². The van der Waals surface area contributed by atoms with E-state index in [9.17, 15) is 19.7 Å². The Labute approximate surface area is 183 Å². The molecule has 3 aromatic rings. The Morgan fingerprint density at radius 1 is 1.00 bits per heavy atom. The lowest BCUT2D eigenvalue weighted by Crippen LogP contribution is -2.29. The molecule has 1 aliphatic rings. The molecule has 2 amide bonds. The van der Waals surface area contributed by atoms with E-state index in [0.29, 0.717) is 29.3 Å². The molecule has 4 rings (SSSR count). The molecule has 1 fully saturated rings. The highest BCUT2D eigenvalue weighted by atomic mass is 32.2. The van der Waals surface area contributed by atoms with Crippen LogP contribution in [0.2, 0.25) is 0 Å². The van der Waals surface area contributed by atoms with Crippen LogP contribution in [-0.2, 0) is 11.2 Å². The van der Waals surface area contributed by atoms with Gasteiger partial charge in [-0.3, -0.25) is 24.6 Å². The first-order chi connectivity index (χ1) is 15.0. The summed E-state index contributed by atoms with van der Waals surface area (Å²) in [4.78, 5) is 37.4. The molecule has 1 aliphatic heterocycles. The number of hydrogen-bond acceptors (Lipinski definition) is 5. The van der Waals surface area contributed by atoms with Gasteiger partial charge in [-0.1, -0.05) is 36.4 Å². The quantitative estimate of drug-likeness (QED) is 0.296. The Morgan fingerprint density at radius 3 is 2.58 bits per heavy atom. The number of thioether (sulfide) groups is 1. The molecule has 0 unspecified atom stereocenters. The molecule has 2 heterocycles. The molecule has 0 spiro atoms. The fraction of sp³-hybridized carbons (Fsp3) is 0.130. The number of carbonyl (C=O) groups is 2. The largest absolute Gasteiger partial charge is 0.317 e. The van der Waals surface area contributed by atoms with Gasteiger partial charge in [0.25, 0.3) is 16.8 Å². The predicted octanol–water partition coefficient (Wildman–Crippen LogP) is 5.05. The Kier molecular flexibility index (Phi) is 5.99. The molecule has 0 aliphatic carbocycles. The highest BCUT2D eigenvalue weighted by Crippen LogP contribution is 2.33. The lowest BCUT2D eigenvalue weighted by atomic mass is 10.1. The molecule has 8 heteroatoms. The molecule has 156 valence electrons. The van der Waals surface area contributed by atoms with Crippen LogP contribution in [0.15, 0.2) is 77.8 Å². The Bertz CT molecular complexity index is 1170. The Morgan fingerprint density at radius 2 is 1.81 bits per heavy atom. The zero-order valence-electron chi connectivity index (χ0n) is 16.5. The molecule has 1 saturated heterocycles. The van der Waals surface area contributed by atoms with Gasteiger partial charge in [-0.25, -0.2) is 0 Å². The number of nitro groups is 1. The number of hydrogen-bond donors (Lipinski definition) is 0. The van der Waals surface area contributed by atoms with Gasteiger partial charge in [0.15, 0.2) is 0 Å². The molecule has 0 atom stereocenters. The highest BCUT2D eigenvalue weighted by Gasteiger charge is 2.34. The summed E-state index contributed by atoms with van der Waals surface area (Å²) in [5, 5.41) is 10.8. The molecule has 0 saturated carbocycles. The maximum absolute atomic E-state index is 12.8. The smallest absolute Gasteiger partial charge is 0.293 e. The van der Waals surface area contributed by atoms with E-state index >= 15 is 0 Å². The van der Waals surface area contributed by atoms with Gasteiger partial charge in [0.05, 0.1) is 15.5 Å². The van der Waals surface area contributed by atoms with Crippen LogP contribution in [0.25, 0.3) is 11.8 Å². The van der Waals surface area contributed by atoms with Crippen molar-refractivity contribution < 1.29 is 14.5 Å². The second-order valence-corrected chi connectivity index (χ2v) is 8.00. The van der Waals surface area contributed by atoms with Crippen LogP contribution in [0.3, 0.4) is 0 Å². The number of amides is 2. The van der Waals surface area contributed by atoms with Gasteiger partial charge in [0, 0.05) is 30.6 Å². The second-order valence-electron chi connectivity index (χ2n) is 7.00. The molecular weight excluding hydrogens is 414 g/mol. The summed E-state index contributed by atoms with van der Waals surface area (Å²) in [6.45, 7) is 0.364. The molecule has 2 aromatic carbocycles. The third-order valence-electron chi connectivity index (χ3n) is 4.94. The number of carbonyl (C=O) groups excluding carboxylic acids is 2. The number of nitrogens with zero attached hydrogens (tertiary/aromatic N) is 3. The number of nitro benzene ring substituents is 1. The fourth-order valence-electron chi connectivity index (χ4n) is 3.42. The van der Waals surface area contributed by atoms with Crippen LogP contribution >= 0.6 is 11.8 Å². The first kappa shape index (κ1) is 20.6. The third-order valence-corrected chi connectivity index (χ3v) is 5.85. The topological polar surface area (TPSA) is 85.5 Å². The van der Waals surface area contributed by atoms with Crippen LogP contribution in [0.5, 0.6) is 0 Å². The first-order valence-corrected chi connectivity index (χ1v) is 10.6. The van der Waals surface area contributed by atoms with E-state index in [2.05, 4.69) is 0 Å². The van der Waals surface area contributed by atoms with E-state index in [1.165, 1.54) is 22.6 Å². The zero-order chi connectivity index (χ0) is 21.8. The summed E-state index contributed by atoms with van der Waals surface area (Å²) in [5.41, 5.74) is 2.42. The van der Waals surface area contributed by atoms with Crippen molar-refractivity contribution in [1.82, 2.24) is 9.47 Å². The standard InChI is InChI=1S/C23H19N3O4S/c27-22-21(31-23(28)25(22)14-5-9-17-7-2-1-3-8-17)16-19-12-6-13-24(19)18-10-4-11-20(15-18)26(29)30/h1-4,6-8,10-13,15-16H,5,9,14H2/b21-16+. The lowest BCUT2D eigenvalue weighted by molar-refractivity contribution is -0.384. The van der Waals surface area contributed by atoms with Gasteiger partial charge >= 0.3 is 0 Å². The summed E-state index contributed by atoms with van der Waals surface area (Å²) in [7, 11) is 0. The van der Waals surface area contributed by atoms with Crippen LogP contribution in [-0.4, -0.2) is 32.1 Å². The average molecular weight is 433 g/mol. The van der Waals surface area contributed by atoms with Gasteiger partial charge in [0.1, 0.15) is 0 Å². The Hall–Kier alpha value is -3.65. The molecule has 0 N–H and O–H groups in total. The third kappa shape index (κ3) is 4.59. The molecular formula is C23H19N3O4S. The van der Waals surface area contributed by atoms with Crippen LogP contribution in [0.1, 0.15) is 17.7 Å². The number of aryl methyl sites for hydroxylation is 1. The zero-order valence-corrected chi connectivity index (χ0v) is 17.3. The minimum atomic E-state index is -0.451. The van der Waals surface area contributed by atoms with Crippen molar-refractivity contribution in [3.8, 4) is 5.69 Å². The minimum absolute atomic E-state index is 0.0177. The lowest BCUT2D eigenvalue weighted by Gasteiger charge is -2.12. The van der Waals surface area contributed by atoms with Crippen molar-refractivity contribution >= 4 is 34.7 Å².